The number of halogens is 1. The third-order valence-corrected chi connectivity index (χ3v) is 3.11. The maximum absolute atomic E-state index is 12.8. The van der Waals surface area contributed by atoms with E-state index in [0.717, 1.165) is 11.3 Å². The predicted octanol–water partition coefficient (Wildman–Crippen LogP) is 5.06. The first kappa shape index (κ1) is 14.8. The first-order valence-electron chi connectivity index (χ1n) is 7.17. The average molecular weight is 306 g/mol. The molecule has 3 aromatic rings. The van der Waals surface area contributed by atoms with Crippen LogP contribution < -0.4 is 10.2 Å². The van der Waals surface area contributed by atoms with Crippen LogP contribution in [0.4, 0.5) is 10.1 Å². The molecule has 0 aliphatic carbocycles. The Kier molecular flexibility index (Phi) is 4.64. The smallest absolute Gasteiger partial charge is 0.127 e. The maximum Gasteiger partial charge on any atom is 0.127 e. The topological polar surface area (TPSA) is 33.6 Å². The molecule has 23 heavy (non-hydrogen) atoms. The normalized spacial score (nSPS) is 10.7. The summed E-state index contributed by atoms with van der Waals surface area (Å²) >= 11 is 0. The fraction of sp³-hybridized carbons (Fsp3) is 0. The van der Waals surface area contributed by atoms with Crippen molar-refractivity contribution in [3.63, 3.8) is 0 Å². The summed E-state index contributed by atoms with van der Waals surface area (Å²) in [6.07, 6.45) is 1.73. The van der Waals surface area contributed by atoms with Crippen LogP contribution >= 0.6 is 0 Å². The summed E-state index contributed by atoms with van der Waals surface area (Å²) in [4.78, 5) is 0. The van der Waals surface area contributed by atoms with E-state index in [0.29, 0.717) is 11.5 Å². The molecule has 1 N–H and O–H groups in total. The molecule has 0 heterocycles. The van der Waals surface area contributed by atoms with Crippen molar-refractivity contribution in [2.45, 2.75) is 0 Å². The number of ether oxygens (including phenoxy) is 1. The van der Waals surface area contributed by atoms with Crippen LogP contribution in [0.5, 0.6) is 11.5 Å². The van der Waals surface area contributed by atoms with Crippen molar-refractivity contribution < 1.29 is 9.13 Å². The van der Waals surface area contributed by atoms with Gasteiger partial charge in [-0.3, -0.25) is 5.43 Å². The van der Waals surface area contributed by atoms with Gasteiger partial charge in [-0.05, 0) is 66.2 Å². The number of rotatable bonds is 5. The van der Waals surface area contributed by atoms with Gasteiger partial charge in [0.15, 0.2) is 0 Å². The molecule has 0 aromatic heterocycles. The zero-order chi connectivity index (χ0) is 15.9. The van der Waals surface area contributed by atoms with Crippen molar-refractivity contribution in [3.8, 4) is 11.5 Å². The highest BCUT2D eigenvalue weighted by Gasteiger charge is 1.98. The third kappa shape index (κ3) is 4.41. The van der Waals surface area contributed by atoms with Crippen LogP contribution in [-0.2, 0) is 0 Å². The fourth-order valence-corrected chi connectivity index (χ4v) is 1.95. The van der Waals surface area contributed by atoms with E-state index in [-0.39, 0.29) is 5.82 Å². The standard InChI is InChI=1S/C19H15FN2O/c20-16-8-12-19(13-9-16)23-18-10-6-15(7-11-18)14-21-22-17-4-2-1-3-5-17/h1-14,22H. The van der Waals surface area contributed by atoms with Gasteiger partial charge in [-0.25, -0.2) is 4.39 Å². The van der Waals surface area contributed by atoms with Crippen LogP contribution in [0.15, 0.2) is 84.0 Å². The first-order valence-corrected chi connectivity index (χ1v) is 7.17. The largest absolute Gasteiger partial charge is 0.457 e. The Bertz CT molecular complexity index is 769. The Morgan fingerprint density at radius 2 is 1.39 bits per heavy atom. The van der Waals surface area contributed by atoms with E-state index in [1.807, 2.05) is 54.6 Å². The lowest BCUT2D eigenvalue weighted by Gasteiger charge is -2.05. The second kappa shape index (κ2) is 7.22. The fourth-order valence-electron chi connectivity index (χ4n) is 1.95. The van der Waals surface area contributed by atoms with Gasteiger partial charge >= 0.3 is 0 Å². The number of hydrazone groups is 1. The number of hydrogen-bond donors (Lipinski definition) is 1. The van der Waals surface area contributed by atoms with Gasteiger partial charge in [0.05, 0.1) is 11.9 Å². The molecule has 0 saturated heterocycles. The summed E-state index contributed by atoms with van der Waals surface area (Å²) < 4.78 is 18.5. The Hall–Kier alpha value is -3.14. The van der Waals surface area contributed by atoms with E-state index in [9.17, 15) is 4.39 Å². The Balaban J connectivity index is 1.59. The summed E-state index contributed by atoms with van der Waals surface area (Å²) in [5.41, 5.74) is 4.83. The van der Waals surface area contributed by atoms with E-state index in [4.69, 9.17) is 4.74 Å². The van der Waals surface area contributed by atoms with Crippen LogP contribution in [0.1, 0.15) is 5.56 Å². The average Bonchev–Trinajstić information content (AvgIpc) is 2.59. The Morgan fingerprint density at radius 1 is 0.783 bits per heavy atom. The quantitative estimate of drug-likeness (QED) is 0.528. The SMILES string of the molecule is Fc1ccc(Oc2ccc(C=NNc3ccccc3)cc2)cc1. The highest BCUT2D eigenvalue weighted by molar-refractivity contribution is 5.80. The Labute approximate surface area is 134 Å². The monoisotopic (exact) mass is 306 g/mol. The van der Waals surface area contributed by atoms with Gasteiger partial charge in [-0.15, -0.1) is 0 Å². The molecule has 114 valence electrons. The number of benzene rings is 3. The molecule has 0 spiro atoms. The van der Waals surface area contributed by atoms with Gasteiger partial charge in [-0.1, -0.05) is 18.2 Å². The van der Waals surface area contributed by atoms with Gasteiger partial charge in [0, 0.05) is 0 Å². The van der Waals surface area contributed by atoms with Crippen molar-refractivity contribution in [1.82, 2.24) is 0 Å². The molecule has 0 radical (unpaired) electrons. The molecule has 4 heteroatoms. The third-order valence-electron chi connectivity index (χ3n) is 3.11. The molecule has 0 saturated carbocycles. The zero-order valence-electron chi connectivity index (χ0n) is 12.3. The van der Waals surface area contributed by atoms with Crippen LogP contribution in [0.25, 0.3) is 0 Å². The minimum Gasteiger partial charge on any atom is -0.457 e. The molecule has 3 nitrogen and oxygen atoms in total. The summed E-state index contributed by atoms with van der Waals surface area (Å²) in [5.74, 6) is 0.998. The summed E-state index contributed by atoms with van der Waals surface area (Å²) in [7, 11) is 0. The number of hydrogen-bond acceptors (Lipinski definition) is 3. The zero-order valence-corrected chi connectivity index (χ0v) is 12.3. The molecule has 0 aliphatic rings. The van der Waals surface area contributed by atoms with Gasteiger partial charge in [0.1, 0.15) is 17.3 Å². The molecule has 0 unspecified atom stereocenters. The molecule has 0 aliphatic heterocycles. The molecule has 0 amide bonds. The number of para-hydroxylation sites is 1. The Morgan fingerprint density at radius 3 is 2.04 bits per heavy atom. The van der Waals surface area contributed by atoms with Gasteiger partial charge in [-0.2, -0.15) is 5.10 Å². The highest BCUT2D eigenvalue weighted by atomic mass is 19.1. The van der Waals surface area contributed by atoms with E-state index in [1.54, 1.807) is 18.3 Å². The van der Waals surface area contributed by atoms with Gasteiger partial charge < -0.3 is 4.74 Å². The molecule has 0 fully saturated rings. The van der Waals surface area contributed by atoms with Crippen molar-refractivity contribution in [2.75, 3.05) is 5.43 Å². The lowest BCUT2D eigenvalue weighted by Crippen LogP contribution is -1.90. The van der Waals surface area contributed by atoms with Crippen LogP contribution in [-0.4, -0.2) is 6.21 Å². The molecule has 3 rings (SSSR count). The number of anilines is 1. The van der Waals surface area contributed by atoms with Crippen molar-refractivity contribution in [3.05, 3.63) is 90.2 Å². The summed E-state index contributed by atoms with van der Waals surface area (Å²) in [6, 6.07) is 23.1. The van der Waals surface area contributed by atoms with Crippen molar-refractivity contribution in [1.29, 1.82) is 0 Å². The molecule has 0 bridgehead atoms. The van der Waals surface area contributed by atoms with Crippen molar-refractivity contribution >= 4 is 11.9 Å². The molecular weight excluding hydrogens is 291 g/mol. The minimum atomic E-state index is -0.283. The second-order valence-corrected chi connectivity index (χ2v) is 4.86. The number of nitrogens with one attached hydrogen (secondary N) is 1. The van der Waals surface area contributed by atoms with Gasteiger partial charge in [0.2, 0.25) is 0 Å². The van der Waals surface area contributed by atoms with E-state index < -0.39 is 0 Å². The second-order valence-electron chi connectivity index (χ2n) is 4.86. The maximum atomic E-state index is 12.8. The lowest BCUT2D eigenvalue weighted by atomic mass is 10.2. The number of nitrogens with zero attached hydrogens (tertiary/aromatic N) is 1. The summed E-state index contributed by atoms with van der Waals surface area (Å²) in [5, 5.41) is 4.18. The van der Waals surface area contributed by atoms with Crippen molar-refractivity contribution in [2.24, 2.45) is 5.10 Å². The molecule has 0 atom stereocenters. The molecule has 3 aromatic carbocycles. The predicted molar refractivity (Wildman–Crippen MR) is 90.6 cm³/mol. The highest BCUT2D eigenvalue weighted by Crippen LogP contribution is 2.21. The van der Waals surface area contributed by atoms with E-state index in [1.165, 1.54) is 12.1 Å². The minimum absolute atomic E-state index is 0.283. The summed E-state index contributed by atoms with van der Waals surface area (Å²) in [6.45, 7) is 0. The lowest BCUT2D eigenvalue weighted by molar-refractivity contribution is 0.480. The van der Waals surface area contributed by atoms with E-state index in [2.05, 4.69) is 10.5 Å². The van der Waals surface area contributed by atoms with Crippen LogP contribution in [0.3, 0.4) is 0 Å². The van der Waals surface area contributed by atoms with Crippen LogP contribution in [0.2, 0.25) is 0 Å². The first-order chi connectivity index (χ1) is 11.3. The molecular formula is C19H15FN2O. The van der Waals surface area contributed by atoms with E-state index >= 15 is 0 Å². The van der Waals surface area contributed by atoms with Gasteiger partial charge in [0.25, 0.3) is 0 Å². The van der Waals surface area contributed by atoms with Crippen LogP contribution in [0, 0.1) is 5.82 Å².